The van der Waals surface area contributed by atoms with Crippen LogP contribution >= 0.6 is 48.0 Å². The van der Waals surface area contributed by atoms with E-state index in [4.69, 9.17) is 32.7 Å². The Morgan fingerprint density at radius 3 is 2.63 bits per heavy atom. The van der Waals surface area contributed by atoms with E-state index in [1.807, 2.05) is 36.8 Å². The van der Waals surface area contributed by atoms with Crippen molar-refractivity contribution in [2.45, 2.75) is 26.1 Å². The number of hydrogen-bond acceptors (Lipinski definition) is 4. The maximum absolute atomic E-state index is 6.26. The first-order valence-electron chi connectivity index (χ1n) is 9.06. The molecule has 0 saturated carbocycles. The van der Waals surface area contributed by atoms with Crippen LogP contribution in [-0.2, 0) is 19.7 Å². The molecule has 0 fully saturated rings. The molecule has 1 N–H and O–H groups in total. The molecule has 0 atom stereocenters. The number of aromatic nitrogens is 2. The molecule has 0 spiro atoms. The van der Waals surface area contributed by atoms with E-state index in [1.165, 1.54) is 0 Å². The third-order valence-electron chi connectivity index (χ3n) is 4.31. The lowest BCUT2D eigenvalue weighted by molar-refractivity contribution is 0.280. The quantitative estimate of drug-likeness (QED) is 0.363. The van der Waals surface area contributed by atoms with E-state index in [0.717, 1.165) is 36.4 Å². The van der Waals surface area contributed by atoms with Crippen LogP contribution in [0.5, 0.6) is 11.5 Å². The average Bonchev–Trinajstić information content (AvgIpc) is 3.21. The second-order valence-corrected chi connectivity index (χ2v) is 7.15. The molecule has 1 aromatic heterocycles. The molecule has 0 saturated heterocycles. The van der Waals surface area contributed by atoms with Crippen LogP contribution in [0.4, 0.5) is 0 Å². The van der Waals surface area contributed by atoms with Crippen molar-refractivity contribution in [1.82, 2.24) is 14.9 Å². The van der Waals surface area contributed by atoms with Gasteiger partial charge in [-0.2, -0.15) is 0 Å². The van der Waals surface area contributed by atoms with Crippen LogP contribution in [0.25, 0.3) is 0 Å². The minimum Gasteiger partial charge on any atom is -0.493 e. The number of nitrogens with one attached hydrogen (secondary N) is 1. The molecule has 0 aliphatic heterocycles. The predicted molar refractivity (Wildman–Crippen MR) is 127 cm³/mol. The van der Waals surface area contributed by atoms with Crippen molar-refractivity contribution in [2.24, 2.45) is 0 Å². The van der Waals surface area contributed by atoms with Gasteiger partial charge in [-0.25, -0.2) is 4.98 Å². The molecular weight excluding hydrogens is 468 g/mol. The largest absolute Gasteiger partial charge is 0.493 e. The summed E-state index contributed by atoms with van der Waals surface area (Å²) < 4.78 is 13.6. The molecule has 164 valence electrons. The van der Waals surface area contributed by atoms with Gasteiger partial charge in [0.25, 0.3) is 0 Å². The summed E-state index contributed by atoms with van der Waals surface area (Å²) in [6.07, 6.45) is 6.60. The molecular formula is C21H25Cl4N3O2. The first-order chi connectivity index (χ1) is 13.7. The first-order valence-corrected chi connectivity index (χ1v) is 9.82. The molecule has 9 heteroatoms. The molecule has 1 heterocycles. The number of benzene rings is 2. The number of rotatable bonds is 10. The summed E-state index contributed by atoms with van der Waals surface area (Å²) >= 11 is 12.2. The predicted octanol–water partition coefficient (Wildman–Crippen LogP) is 5.80. The van der Waals surface area contributed by atoms with Gasteiger partial charge in [-0.15, -0.1) is 24.8 Å². The Labute approximate surface area is 199 Å². The monoisotopic (exact) mass is 491 g/mol. The lowest BCUT2D eigenvalue weighted by atomic mass is 10.1. The van der Waals surface area contributed by atoms with Gasteiger partial charge in [-0.3, -0.25) is 0 Å². The van der Waals surface area contributed by atoms with Crippen LogP contribution in [0.1, 0.15) is 17.5 Å². The van der Waals surface area contributed by atoms with Gasteiger partial charge < -0.3 is 19.4 Å². The number of halogens is 4. The third kappa shape index (κ3) is 7.56. The van der Waals surface area contributed by atoms with Gasteiger partial charge in [0, 0.05) is 46.7 Å². The molecule has 3 aromatic rings. The SMILES string of the molecule is COc1cccc(CNCCCn2ccnc2)c1OCc1ccc(Cl)cc1Cl.Cl.Cl. The van der Waals surface area contributed by atoms with E-state index >= 15 is 0 Å². The smallest absolute Gasteiger partial charge is 0.166 e. The Kier molecular flexibility index (Phi) is 12.0. The second kappa shape index (κ2) is 13.6. The van der Waals surface area contributed by atoms with Crippen LogP contribution in [0, 0.1) is 0 Å². The number of imidazole rings is 1. The minimum atomic E-state index is 0. The molecule has 30 heavy (non-hydrogen) atoms. The van der Waals surface area contributed by atoms with Crippen LogP contribution in [-0.4, -0.2) is 23.2 Å². The zero-order valence-corrected chi connectivity index (χ0v) is 19.7. The molecule has 0 unspecified atom stereocenters. The molecule has 0 amide bonds. The van der Waals surface area contributed by atoms with Crippen molar-refractivity contribution in [3.63, 3.8) is 0 Å². The summed E-state index contributed by atoms with van der Waals surface area (Å²) in [6, 6.07) is 11.3. The van der Waals surface area contributed by atoms with Crippen LogP contribution in [0.15, 0.2) is 55.1 Å². The van der Waals surface area contributed by atoms with Crippen molar-refractivity contribution in [3.8, 4) is 11.5 Å². The zero-order chi connectivity index (χ0) is 19.8. The van der Waals surface area contributed by atoms with Gasteiger partial charge in [0.1, 0.15) is 6.61 Å². The summed E-state index contributed by atoms with van der Waals surface area (Å²) in [5.41, 5.74) is 1.91. The Balaban J connectivity index is 0.00000225. The second-order valence-electron chi connectivity index (χ2n) is 6.30. The molecule has 0 radical (unpaired) electrons. The number of hydrogen-bond donors (Lipinski definition) is 1. The summed E-state index contributed by atoms with van der Waals surface area (Å²) in [4.78, 5) is 4.05. The highest BCUT2D eigenvalue weighted by Gasteiger charge is 2.12. The van der Waals surface area contributed by atoms with Gasteiger partial charge >= 0.3 is 0 Å². The van der Waals surface area contributed by atoms with Gasteiger partial charge in [-0.05, 0) is 31.2 Å². The number of nitrogens with zero attached hydrogens (tertiary/aromatic N) is 2. The normalized spacial score (nSPS) is 10.1. The Hall–Kier alpha value is -1.63. The maximum atomic E-state index is 6.26. The van der Waals surface area contributed by atoms with Gasteiger partial charge in [0.2, 0.25) is 0 Å². The number of aryl methyl sites for hydroxylation is 1. The van der Waals surface area contributed by atoms with Gasteiger partial charge in [-0.1, -0.05) is 41.4 Å². The number of methoxy groups -OCH3 is 1. The summed E-state index contributed by atoms with van der Waals surface area (Å²) in [5.74, 6) is 1.42. The number of ether oxygens (including phenoxy) is 2. The molecule has 0 aliphatic carbocycles. The third-order valence-corrected chi connectivity index (χ3v) is 4.90. The minimum absolute atomic E-state index is 0. The molecule has 5 nitrogen and oxygen atoms in total. The Morgan fingerprint density at radius 1 is 1.10 bits per heavy atom. The van der Waals surface area contributed by atoms with Crippen molar-refractivity contribution in [2.75, 3.05) is 13.7 Å². The first kappa shape index (κ1) is 26.4. The Bertz CT molecular complexity index is 892. The molecule has 2 aromatic carbocycles. The van der Waals surface area contributed by atoms with Crippen molar-refractivity contribution < 1.29 is 9.47 Å². The highest BCUT2D eigenvalue weighted by atomic mass is 35.5. The average molecular weight is 493 g/mol. The van der Waals surface area contributed by atoms with Crippen molar-refractivity contribution in [1.29, 1.82) is 0 Å². The van der Waals surface area contributed by atoms with Crippen LogP contribution in [0.3, 0.4) is 0 Å². The molecule has 0 bridgehead atoms. The summed E-state index contributed by atoms with van der Waals surface area (Å²) in [7, 11) is 1.64. The standard InChI is InChI=1S/C21H23Cl2N3O2.2ClH/c1-27-20-5-2-4-16(13-24-8-3-10-26-11-9-25-15-26)21(20)28-14-17-6-7-18(22)12-19(17)23;;/h2,4-7,9,11-12,15,24H,3,8,10,13-14H2,1H3;2*1H. The highest BCUT2D eigenvalue weighted by molar-refractivity contribution is 6.35. The van der Waals surface area contributed by atoms with E-state index in [9.17, 15) is 0 Å². The fourth-order valence-electron chi connectivity index (χ4n) is 2.84. The fourth-order valence-corrected chi connectivity index (χ4v) is 3.31. The van der Waals surface area contributed by atoms with Crippen LogP contribution < -0.4 is 14.8 Å². The lowest BCUT2D eigenvalue weighted by Gasteiger charge is -2.16. The molecule has 0 aliphatic rings. The summed E-state index contributed by atoms with van der Waals surface area (Å²) in [5, 5.41) is 4.65. The fraction of sp³-hybridized carbons (Fsp3) is 0.286. The van der Waals surface area contributed by atoms with Gasteiger partial charge in [0.15, 0.2) is 11.5 Å². The van der Waals surface area contributed by atoms with E-state index in [2.05, 4.69) is 14.9 Å². The van der Waals surface area contributed by atoms with E-state index < -0.39 is 0 Å². The topological polar surface area (TPSA) is 48.3 Å². The summed E-state index contributed by atoms with van der Waals surface area (Å²) in [6.45, 7) is 2.84. The maximum Gasteiger partial charge on any atom is 0.166 e. The van der Waals surface area contributed by atoms with E-state index in [0.29, 0.717) is 28.9 Å². The van der Waals surface area contributed by atoms with E-state index in [1.54, 1.807) is 25.4 Å². The lowest BCUT2D eigenvalue weighted by Crippen LogP contribution is -2.17. The van der Waals surface area contributed by atoms with Crippen molar-refractivity contribution >= 4 is 48.0 Å². The number of para-hydroxylation sites is 1. The van der Waals surface area contributed by atoms with Gasteiger partial charge in [0.05, 0.1) is 13.4 Å². The van der Waals surface area contributed by atoms with Crippen LogP contribution in [0.2, 0.25) is 10.0 Å². The highest BCUT2D eigenvalue weighted by Crippen LogP contribution is 2.32. The Morgan fingerprint density at radius 2 is 1.93 bits per heavy atom. The van der Waals surface area contributed by atoms with E-state index in [-0.39, 0.29) is 24.8 Å². The van der Waals surface area contributed by atoms with Crippen molar-refractivity contribution in [3.05, 3.63) is 76.3 Å². The molecule has 3 rings (SSSR count). The zero-order valence-electron chi connectivity index (χ0n) is 16.5.